The number of hydrazine groups is 1. The Morgan fingerprint density at radius 2 is 2.41 bits per heavy atom. The molecule has 0 radical (unpaired) electrons. The lowest BCUT2D eigenvalue weighted by Crippen LogP contribution is -2.14. The average molecular weight is 237 g/mol. The molecule has 2 rings (SSSR count). The Hall–Kier alpha value is -1.40. The van der Waals surface area contributed by atoms with Crippen LogP contribution in [0.2, 0.25) is 0 Å². The number of rotatable bonds is 5. The molecule has 1 aromatic rings. The Bertz CT molecular complexity index is 365. The molecule has 1 unspecified atom stereocenters. The molecule has 1 fully saturated rings. The van der Waals surface area contributed by atoms with E-state index in [0.29, 0.717) is 11.9 Å². The predicted octanol–water partition coefficient (Wildman–Crippen LogP) is 0.909. The highest BCUT2D eigenvalue weighted by Crippen LogP contribution is 2.16. The van der Waals surface area contributed by atoms with Crippen molar-refractivity contribution < 1.29 is 4.74 Å². The molecule has 6 heteroatoms. The molecule has 1 aliphatic heterocycles. The summed E-state index contributed by atoms with van der Waals surface area (Å²) in [5.74, 6) is 7.23. The van der Waals surface area contributed by atoms with Crippen molar-refractivity contribution in [2.75, 3.05) is 30.5 Å². The fourth-order valence-corrected chi connectivity index (χ4v) is 1.94. The van der Waals surface area contributed by atoms with Crippen molar-refractivity contribution in [3.05, 3.63) is 11.8 Å². The Balaban J connectivity index is 1.83. The number of anilines is 2. The largest absolute Gasteiger partial charge is 0.381 e. The van der Waals surface area contributed by atoms with Crippen LogP contribution in [0.1, 0.15) is 18.5 Å². The minimum absolute atomic E-state index is 0.441. The first-order valence-electron chi connectivity index (χ1n) is 5.92. The average Bonchev–Trinajstić information content (AvgIpc) is 2.81. The number of aryl methyl sites for hydroxylation is 1. The molecule has 0 bridgehead atoms. The number of hydrogen-bond acceptors (Lipinski definition) is 6. The first kappa shape index (κ1) is 12.1. The van der Waals surface area contributed by atoms with Gasteiger partial charge in [-0.1, -0.05) is 0 Å². The number of ether oxygens (including phenoxy) is 1. The molecular weight excluding hydrogens is 218 g/mol. The van der Waals surface area contributed by atoms with Crippen molar-refractivity contribution in [1.29, 1.82) is 0 Å². The van der Waals surface area contributed by atoms with Crippen LogP contribution < -0.4 is 16.6 Å². The van der Waals surface area contributed by atoms with E-state index in [1.807, 2.05) is 13.0 Å². The number of nitrogens with zero attached hydrogens (tertiary/aromatic N) is 2. The van der Waals surface area contributed by atoms with E-state index in [4.69, 9.17) is 10.6 Å². The van der Waals surface area contributed by atoms with Crippen LogP contribution in [0.25, 0.3) is 0 Å². The minimum Gasteiger partial charge on any atom is -0.381 e. The fraction of sp³-hybridized carbons (Fsp3) is 0.636. The van der Waals surface area contributed by atoms with Crippen LogP contribution in [-0.4, -0.2) is 29.7 Å². The molecule has 0 saturated carbocycles. The maximum Gasteiger partial charge on any atom is 0.239 e. The summed E-state index contributed by atoms with van der Waals surface area (Å²) in [6.07, 6.45) is 2.27. The number of nitrogen functional groups attached to an aromatic ring is 1. The molecule has 4 N–H and O–H groups in total. The van der Waals surface area contributed by atoms with Crippen molar-refractivity contribution in [2.24, 2.45) is 11.8 Å². The van der Waals surface area contributed by atoms with Gasteiger partial charge in [-0.3, -0.25) is 5.43 Å². The predicted molar refractivity (Wildman–Crippen MR) is 66.6 cm³/mol. The number of nitrogens with two attached hydrogens (primary N) is 1. The molecule has 1 aromatic heterocycles. The van der Waals surface area contributed by atoms with Crippen molar-refractivity contribution in [1.82, 2.24) is 9.97 Å². The molecule has 0 amide bonds. The first-order chi connectivity index (χ1) is 8.28. The Morgan fingerprint density at radius 3 is 3.12 bits per heavy atom. The van der Waals surface area contributed by atoms with E-state index in [2.05, 4.69) is 20.7 Å². The second-order valence-corrected chi connectivity index (χ2v) is 4.31. The third kappa shape index (κ3) is 3.54. The Morgan fingerprint density at radius 1 is 1.53 bits per heavy atom. The first-order valence-corrected chi connectivity index (χ1v) is 5.92. The van der Waals surface area contributed by atoms with Gasteiger partial charge in [0.05, 0.1) is 0 Å². The highest BCUT2D eigenvalue weighted by molar-refractivity contribution is 5.41. The van der Waals surface area contributed by atoms with Crippen LogP contribution in [0.3, 0.4) is 0 Å². The van der Waals surface area contributed by atoms with Gasteiger partial charge in [0.1, 0.15) is 5.82 Å². The van der Waals surface area contributed by atoms with E-state index < -0.39 is 0 Å². The third-order valence-electron chi connectivity index (χ3n) is 2.87. The minimum atomic E-state index is 0.441. The monoisotopic (exact) mass is 237 g/mol. The number of nitrogens with one attached hydrogen (secondary N) is 2. The SMILES string of the molecule is Cc1cc(NCCC2CCOC2)nc(NN)n1. The molecule has 17 heavy (non-hydrogen) atoms. The van der Waals surface area contributed by atoms with Gasteiger partial charge in [0.2, 0.25) is 5.95 Å². The second-order valence-electron chi connectivity index (χ2n) is 4.31. The summed E-state index contributed by atoms with van der Waals surface area (Å²) in [6, 6.07) is 1.91. The molecule has 6 nitrogen and oxygen atoms in total. The van der Waals surface area contributed by atoms with Crippen LogP contribution >= 0.6 is 0 Å². The normalized spacial score (nSPS) is 19.3. The molecular formula is C11H19N5O. The lowest BCUT2D eigenvalue weighted by Gasteiger charge is -2.10. The summed E-state index contributed by atoms with van der Waals surface area (Å²) in [6.45, 7) is 4.60. The maximum absolute atomic E-state index is 5.34. The lowest BCUT2D eigenvalue weighted by molar-refractivity contribution is 0.185. The highest BCUT2D eigenvalue weighted by Gasteiger charge is 2.14. The van der Waals surface area contributed by atoms with E-state index in [1.54, 1.807) is 0 Å². The fourth-order valence-electron chi connectivity index (χ4n) is 1.94. The van der Waals surface area contributed by atoms with Crippen LogP contribution in [-0.2, 0) is 4.74 Å². The van der Waals surface area contributed by atoms with Crippen LogP contribution in [0.4, 0.5) is 11.8 Å². The summed E-state index contributed by atoms with van der Waals surface area (Å²) >= 11 is 0. The molecule has 1 saturated heterocycles. The van der Waals surface area contributed by atoms with Gasteiger partial charge in [-0.15, -0.1) is 0 Å². The van der Waals surface area contributed by atoms with Gasteiger partial charge in [0, 0.05) is 31.5 Å². The van der Waals surface area contributed by atoms with Crippen molar-refractivity contribution in [3.63, 3.8) is 0 Å². The second kappa shape index (κ2) is 5.79. The summed E-state index contributed by atoms with van der Waals surface area (Å²) in [5, 5.41) is 3.28. The molecule has 0 spiro atoms. The van der Waals surface area contributed by atoms with E-state index in [0.717, 1.165) is 37.7 Å². The van der Waals surface area contributed by atoms with Gasteiger partial charge in [0.25, 0.3) is 0 Å². The van der Waals surface area contributed by atoms with Crippen LogP contribution in [0.15, 0.2) is 6.07 Å². The zero-order valence-electron chi connectivity index (χ0n) is 10.1. The van der Waals surface area contributed by atoms with E-state index in [9.17, 15) is 0 Å². The lowest BCUT2D eigenvalue weighted by atomic mass is 10.1. The van der Waals surface area contributed by atoms with Crippen molar-refractivity contribution in [3.8, 4) is 0 Å². The van der Waals surface area contributed by atoms with Gasteiger partial charge < -0.3 is 10.1 Å². The maximum atomic E-state index is 5.34. The van der Waals surface area contributed by atoms with Gasteiger partial charge in [-0.25, -0.2) is 10.8 Å². The summed E-state index contributed by atoms with van der Waals surface area (Å²) in [7, 11) is 0. The van der Waals surface area contributed by atoms with Crippen LogP contribution in [0.5, 0.6) is 0 Å². The van der Waals surface area contributed by atoms with Crippen molar-refractivity contribution >= 4 is 11.8 Å². The number of aromatic nitrogens is 2. The molecule has 1 aliphatic rings. The molecule has 94 valence electrons. The van der Waals surface area contributed by atoms with Gasteiger partial charge >= 0.3 is 0 Å². The Kier molecular flexibility index (Phi) is 4.11. The van der Waals surface area contributed by atoms with Gasteiger partial charge in [0.15, 0.2) is 0 Å². The molecule has 0 aromatic carbocycles. The van der Waals surface area contributed by atoms with Gasteiger partial charge in [-0.05, 0) is 25.7 Å². The smallest absolute Gasteiger partial charge is 0.239 e. The van der Waals surface area contributed by atoms with Gasteiger partial charge in [-0.2, -0.15) is 4.98 Å². The molecule has 1 atom stereocenters. The summed E-state index contributed by atoms with van der Waals surface area (Å²) in [5.41, 5.74) is 3.35. The molecule has 0 aliphatic carbocycles. The Labute approximate surface area is 101 Å². The summed E-state index contributed by atoms with van der Waals surface area (Å²) < 4.78 is 5.34. The van der Waals surface area contributed by atoms with Crippen molar-refractivity contribution in [2.45, 2.75) is 19.8 Å². The zero-order chi connectivity index (χ0) is 12.1. The standard InChI is InChI=1S/C11H19N5O/c1-8-6-10(15-11(14-8)16-12)13-4-2-9-3-5-17-7-9/h6,9H,2-5,7,12H2,1H3,(H2,13,14,15,16). The third-order valence-corrected chi connectivity index (χ3v) is 2.87. The van der Waals surface area contributed by atoms with E-state index >= 15 is 0 Å². The van der Waals surface area contributed by atoms with E-state index in [-0.39, 0.29) is 0 Å². The highest BCUT2D eigenvalue weighted by atomic mass is 16.5. The van der Waals surface area contributed by atoms with Crippen LogP contribution in [0, 0.1) is 12.8 Å². The quantitative estimate of drug-likeness (QED) is 0.521. The topological polar surface area (TPSA) is 85.1 Å². The van der Waals surface area contributed by atoms with E-state index in [1.165, 1.54) is 6.42 Å². The zero-order valence-corrected chi connectivity index (χ0v) is 10.1. The molecule has 2 heterocycles. The number of hydrogen-bond donors (Lipinski definition) is 3. The summed E-state index contributed by atoms with van der Waals surface area (Å²) in [4.78, 5) is 8.36.